The highest BCUT2D eigenvalue weighted by Crippen LogP contribution is 2.31. The van der Waals surface area contributed by atoms with E-state index in [-0.39, 0.29) is 10.2 Å². The SMILES string of the molecule is COc1c(CBr)cc(Br)c(F)c1F. The molecule has 0 fully saturated rings. The normalized spacial score (nSPS) is 10.2. The van der Waals surface area contributed by atoms with Crippen LogP contribution in [0.4, 0.5) is 8.78 Å². The van der Waals surface area contributed by atoms with Gasteiger partial charge < -0.3 is 4.74 Å². The highest BCUT2D eigenvalue weighted by atomic mass is 79.9. The van der Waals surface area contributed by atoms with Crippen molar-refractivity contribution in [2.24, 2.45) is 0 Å². The minimum absolute atomic E-state index is 0.0578. The summed E-state index contributed by atoms with van der Waals surface area (Å²) in [6.45, 7) is 0. The van der Waals surface area contributed by atoms with Gasteiger partial charge in [-0.1, -0.05) is 15.9 Å². The molecule has 72 valence electrons. The molecule has 0 saturated carbocycles. The van der Waals surface area contributed by atoms with Crippen molar-refractivity contribution in [3.8, 4) is 5.75 Å². The van der Waals surface area contributed by atoms with Crippen molar-refractivity contribution >= 4 is 31.9 Å². The van der Waals surface area contributed by atoms with Crippen molar-refractivity contribution in [2.75, 3.05) is 7.11 Å². The summed E-state index contributed by atoms with van der Waals surface area (Å²) < 4.78 is 31.0. The zero-order valence-electron chi connectivity index (χ0n) is 6.70. The molecule has 1 nitrogen and oxygen atoms in total. The van der Waals surface area contributed by atoms with Crippen LogP contribution in [0.1, 0.15) is 5.56 Å². The third-order valence-corrected chi connectivity index (χ3v) is 2.72. The fraction of sp³-hybridized carbons (Fsp3) is 0.250. The summed E-state index contributed by atoms with van der Waals surface area (Å²) in [5, 5.41) is 0.409. The number of alkyl halides is 1. The molecule has 0 spiro atoms. The molecule has 0 aliphatic rings. The number of methoxy groups -OCH3 is 1. The fourth-order valence-electron chi connectivity index (χ4n) is 0.947. The molecule has 0 heterocycles. The predicted octanol–water partition coefficient (Wildman–Crippen LogP) is 3.63. The minimum Gasteiger partial charge on any atom is -0.493 e. The van der Waals surface area contributed by atoms with Crippen molar-refractivity contribution in [1.29, 1.82) is 0 Å². The summed E-state index contributed by atoms with van der Waals surface area (Å²) in [5.41, 5.74) is 0.563. The largest absolute Gasteiger partial charge is 0.493 e. The first-order valence-electron chi connectivity index (χ1n) is 3.38. The van der Waals surface area contributed by atoms with E-state index in [2.05, 4.69) is 31.9 Å². The van der Waals surface area contributed by atoms with E-state index in [4.69, 9.17) is 4.74 Å². The van der Waals surface area contributed by atoms with Crippen LogP contribution in [0.3, 0.4) is 0 Å². The average molecular weight is 316 g/mol. The Morgan fingerprint density at radius 2 is 2.00 bits per heavy atom. The second-order valence-corrected chi connectivity index (χ2v) is 3.73. The van der Waals surface area contributed by atoms with Crippen LogP contribution in [0, 0.1) is 11.6 Å². The van der Waals surface area contributed by atoms with Gasteiger partial charge in [0.2, 0.25) is 5.82 Å². The number of rotatable bonds is 2. The van der Waals surface area contributed by atoms with Crippen LogP contribution in [0.5, 0.6) is 5.75 Å². The number of hydrogen-bond acceptors (Lipinski definition) is 1. The van der Waals surface area contributed by atoms with Crippen molar-refractivity contribution in [3.05, 3.63) is 27.7 Å². The van der Waals surface area contributed by atoms with E-state index in [1.165, 1.54) is 13.2 Å². The summed E-state index contributed by atoms with van der Waals surface area (Å²) in [7, 11) is 1.30. The molecule has 0 amide bonds. The first-order chi connectivity index (χ1) is 6.11. The molecule has 1 rings (SSSR count). The van der Waals surface area contributed by atoms with Crippen LogP contribution in [0.15, 0.2) is 10.5 Å². The van der Waals surface area contributed by atoms with Crippen molar-refractivity contribution in [1.82, 2.24) is 0 Å². The lowest BCUT2D eigenvalue weighted by Gasteiger charge is -2.08. The van der Waals surface area contributed by atoms with Gasteiger partial charge in [-0.25, -0.2) is 4.39 Å². The Morgan fingerprint density at radius 1 is 1.38 bits per heavy atom. The lowest BCUT2D eigenvalue weighted by atomic mass is 10.2. The van der Waals surface area contributed by atoms with Crippen molar-refractivity contribution in [3.63, 3.8) is 0 Å². The molecule has 0 aliphatic heterocycles. The Bertz CT molecular complexity index is 328. The topological polar surface area (TPSA) is 9.23 Å². The van der Waals surface area contributed by atoms with E-state index >= 15 is 0 Å². The maximum Gasteiger partial charge on any atom is 0.202 e. The Labute approximate surface area is 91.3 Å². The molecule has 0 saturated heterocycles. The highest BCUT2D eigenvalue weighted by Gasteiger charge is 2.16. The van der Waals surface area contributed by atoms with Crippen LogP contribution in [-0.2, 0) is 5.33 Å². The molecular weight excluding hydrogens is 310 g/mol. The van der Waals surface area contributed by atoms with Crippen LogP contribution < -0.4 is 4.74 Å². The fourth-order valence-corrected chi connectivity index (χ4v) is 1.81. The lowest BCUT2D eigenvalue weighted by Crippen LogP contribution is -1.97. The molecule has 5 heteroatoms. The van der Waals surface area contributed by atoms with E-state index in [1.807, 2.05) is 0 Å². The van der Waals surface area contributed by atoms with Gasteiger partial charge in [0.25, 0.3) is 0 Å². The monoisotopic (exact) mass is 314 g/mol. The van der Waals surface area contributed by atoms with E-state index in [0.717, 1.165) is 0 Å². The Kier molecular flexibility index (Phi) is 3.67. The summed E-state index contributed by atoms with van der Waals surface area (Å²) >= 11 is 6.06. The molecule has 0 bridgehead atoms. The lowest BCUT2D eigenvalue weighted by molar-refractivity contribution is 0.367. The summed E-state index contributed by atoms with van der Waals surface area (Å²) in [4.78, 5) is 0. The van der Waals surface area contributed by atoms with Crippen molar-refractivity contribution in [2.45, 2.75) is 5.33 Å². The van der Waals surface area contributed by atoms with Crippen LogP contribution in [0.2, 0.25) is 0 Å². The second kappa shape index (κ2) is 4.37. The maximum absolute atomic E-state index is 13.2. The van der Waals surface area contributed by atoms with Gasteiger partial charge in [-0.3, -0.25) is 0 Å². The van der Waals surface area contributed by atoms with E-state index in [1.54, 1.807) is 0 Å². The molecule has 0 aromatic heterocycles. The van der Waals surface area contributed by atoms with Crippen molar-refractivity contribution < 1.29 is 13.5 Å². The standard InChI is InChI=1S/C8H6Br2F2O/c1-13-8-4(3-9)2-5(10)6(11)7(8)12/h2H,3H2,1H3. The molecular formula is C8H6Br2F2O. The van der Waals surface area contributed by atoms with Gasteiger partial charge in [-0.05, 0) is 22.0 Å². The predicted molar refractivity (Wildman–Crippen MR) is 53.2 cm³/mol. The molecule has 1 aromatic rings. The molecule has 0 N–H and O–H groups in total. The number of ether oxygens (including phenoxy) is 1. The van der Waals surface area contributed by atoms with Crippen LogP contribution >= 0.6 is 31.9 Å². The third-order valence-electron chi connectivity index (χ3n) is 1.54. The molecule has 0 radical (unpaired) electrons. The van der Waals surface area contributed by atoms with Gasteiger partial charge in [0, 0.05) is 10.9 Å². The van der Waals surface area contributed by atoms with Crippen LogP contribution in [-0.4, -0.2) is 7.11 Å². The quantitative estimate of drug-likeness (QED) is 0.598. The number of halogens is 4. The number of hydrogen-bond donors (Lipinski definition) is 0. The summed E-state index contributed by atoms with van der Waals surface area (Å²) in [6.07, 6.45) is 0. The molecule has 0 unspecified atom stereocenters. The molecule has 13 heavy (non-hydrogen) atoms. The Balaban J connectivity index is 3.39. The first-order valence-corrected chi connectivity index (χ1v) is 5.29. The smallest absolute Gasteiger partial charge is 0.202 e. The first kappa shape index (κ1) is 10.9. The average Bonchev–Trinajstić information content (AvgIpc) is 2.13. The molecule has 1 aromatic carbocycles. The summed E-state index contributed by atoms with van der Waals surface area (Å²) in [6, 6.07) is 1.48. The zero-order chi connectivity index (χ0) is 10.0. The molecule has 0 aliphatic carbocycles. The van der Waals surface area contributed by atoms with Gasteiger partial charge >= 0.3 is 0 Å². The van der Waals surface area contributed by atoms with Gasteiger partial charge in [0.1, 0.15) is 0 Å². The molecule has 0 atom stereocenters. The maximum atomic E-state index is 13.2. The summed E-state index contributed by atoms with van der Waals surface area (Å²) in [5.74, 6) is -1.95. The van der Waals surface area contributed by atoms with E-state index in [0.29, 0.717) is 10.9 Å². The Morgan fingerprint density at radius 3 is 2.46 bits per heavy atom. The van der Waals surface area contributed by atoms with Gasteiger partial charge in [-0.15, -0.1) is 0 Å². The second-order valence-electron chi connectivity index (χ2n) is 2.31. The van der Waals surface area contributed by atoms with Gasteiger partial charge in [0.05, 0.1) is 11.6 Å². The third kappa shape index (κ3) is 2.02. The van der Waals surface area contributed by atoms with E-state index < -0.39 is 11.6 Å². The number of benzene rings is 1. The minimum atomic E-state index is -0.966. The van der Waals surface area contributed by atoms with E-state index in [9.17, 15) is 8.78 Å². The van der Waals surface area contributed by atoms with Gasteiger partial charge in [0.15, 0.2) is 11.6 Å². The van der Waals surface area contributed by atoms with Gasteiger partial charge in [-0.2, -0.15) is 4.39 Å². The highest BCUT2D eigenvalue weighted by molar-refractivity contribution is 9.10. The van der Waals surface area contributed by atoms with Crippen LogP contribution in [0.25, 0.3) is 0 Å². The Hall–Kier alpha value is -0.160. The zero-order valence-corrected chi connectivity index (χ0v) is 9.88.